The molecule has 0 saturated heterocycles. The van der Waals surface area contributed by atoms with Crippen LogP contribution < -0.4 is 0 Å². The van der Waals surface area contributed by atoms with Crippen molar-refractivity contribution in [2.75, 3.05) is 0 Å². The lowest BCUT2D eigenvalue weighted by atomic mass is 9.86. The first-order valence-electron chi connectivity index (χ1n) is 21.7. The third-order valence-electron chi connectivity index (χ3n) is 10.8. The average Bonchev–Trinajstić information content (AvgIpc) is 3.40. The number of rotatable bonds is 24. The second-order valence-electron chi connectivity index (χ2n) is 15.1. The van der Waals surface area contributed by atoms with Gasteiger partial charge in [-0.3, -0.25) is 0 Å². The van der Waals surface area contributed by atoms with Crippen LogP contribution in [0.15, 0.2) is 35.4 Å². The maximum atomic E-state index is 12.7. The number of unbranched alkanes of at least 4 members (excludes halogenated alkanes) is 8. The lowest BCUT2D eigenvalue weighted by Gasteiger charge is -2.20. The van der Waals surface area contributed by atoms with Gasteiger partial charge in [-0.25, -0.2) is 4.70 Å². The van der Waals surface area contributed by atoms with Crippen molar-refractivity contribution in [1.82, 2.24) is 0 Å². The van der Waals surface area contributed by atoms with E-state index < -0.39 is 0 Å². The van der Waals surface area contributed by atoms with Crippen LogP contribution in [0.2, 0.25) is 0 Å². The molecular formula is C49H74N2. The lowest BCUT2D eigenvalue weighted by Crippen LogP contribution is -2.09. The Balaban J connectivity index is 2.37. The Hall–Kier alpha value is -2.92. The molecule has 0 spiro atoms. The highest BCUT2D eigenvalue weighted by Crippen LogP contribution is 2.44. The summed E-state index contributed by atoms with van der Waals surface area (Å²) in [6.07, 6.45) is 26.5. The molecule has 2 aromatic rings. The fourth-order valence-corrected chi connectivity index (χ4v) is 8.15. The quantitative estimate of drug-likeness (QED) is 0.0595. The molecule has 0 N–H and O–H groups in total. The number of nitrogens with zero attached hydrogens (tertiary/aromatic N) is 2. The van der Waals surface area contributed by atoms with Gasteiger partial charge in [0.15, 0.2) is 0 Å². The van der Waals surface area contributed by atoms with Gasteiger partial charge in [0.1, 0.15) is 5.57 Å². The van der Waals surface area contributed by atoms with Crippen LogP contribution in [0.25, 0.3) is 16.9 Å². The zero-order valence-electron chi connectivity index (χ0n) is 34.5. The number of aryl methyl sites for hydroxylation is 4. The summed E-state index contributed by atoms with van der Waals surface area (Å²) in [6, 6.07) is 9.80. The van der Waals surface area contributed by atoms with Crippen LogP contribution in [0, 0.1) is 11.8 Å². The van der Waals surface area contributed by atoms with E-state index in [1.54, 1.807) is 10.3 Å². The second kappa shape index (κ2) is 23.6. The van der Waals surface area contributed by atoms with Crippen molar-refractivity contribution in [3.63, 3.8) is 0 Å². The molecule has 0 saturated carbocycles. The zero-order valence-corrected chi connectivity index (χ0v) is 34.5. The predicted molar refractivity (Wildman–Crippen MR) is 224 cm³/mol. The molecule has 2 heteroatoms. The number of benzene rings is 2. The molecule has 0 atom stereocenters. The van der Waals surface area contributed by atoms with Crippen molar-refractivity contribution in [1.29, 1.82) is 0 Å². The molecule has 2 nitrogen and oxygen atoms in total. The molecule has 0 unspecified atom stereocenters. The van der Waals surface area contributed by atoms with E-state index in [0.717, 1.165) is 93.2 Å². The summed E-state index contributed by atoms with van der Waals surface area (Å²) in [5.74, 6) is 7.12. The monoisotopic (exact) mass is 691 g/mol. The van der Waals surface area contributed by atoms with Crippen LogP contribution in [0.5, 0.6) is 0 Å². The summed E-state index contributed by atoms with van der Waals surface area (Å²) in [5, 5.41) is 0. The Morgan fingerprint density at radius 1 is 0.451 bits per heavy atom. The van der Waals surface area contributed by atoms with Crippen molar-refractivity contribution in [3.05, 3.63) is 85.5 Å². The fraction of sp³-hybridized carbons (Fsp3) is 0.633. The van der Waals surface area contributed by atoms with Gasteiger partial charge in [-0.2, -0.15) is 0 Å². The van der Waals surface area contributed by atoms with E-state index in [-0.39, 0.29) is 0 Å². The maximum Gasteiger partial charge on any atom is 0.223 e. The molecule has 3 rings (SSSR count). The maximum absolute atomic E-state index is 12.7. The highest BCUT2D eigenvalue weighted by Gasteiger charge is 2.36. The molecule has 2 aromatic carbocycles. The molecule has 0 radical (unpaired) electrons. The van der Waals surface area contributed by atoms with Crippen molar-refractivity contribution < 1.29 is 4.70 Å². The molecule has 0 aliphatic carbocycles. The van der Waals surface area contributed by atoms with Gasteiger partial charge in [0, 0.05) is 23.1 Å². The first-order chi connectivity index (χ1) is 24.9. The molecule has 1 aliphatic heterocycles. The van der Waals surface area contributed by atoms with Gasteiger partial charge in [0.25, 0.3) is 0 Å². The Kier molecular flexibility index (Phi) is 19.7. The van der Waals surface area contributed by atoms with E-state index in [2.05, 4.69) is 91.5 Å². The van der Waals surface area contributed by atoms with Crippen molar-refractivity contribution >= 4 is 11.4 Å². The smallest absolute Gasteiger partial charge is 0.223 e. The molecule has 1 aliphatic rings. The Bertz CT molecular complexity index is 1460. The van der Waals surface area contributed by atoms with E-state index in [9.17, 15) is 5.53 Å². The zero-order chi connectivity index (χ0) is 37.0. The molecule has 280 valence electrons. The van der Waals surface area contributed by atoms with Gasteiger partial charge in [-0.15, -0.1) is 0 Å². The fourth-order valence-electron chi connectivity index (χ4n) is 8.15. The lowest BCUT2D eigenvalue weighted by molar-refractivity contribution is -0.345. The highest BCUT2D eigenvalue weighted by atomic mass is 15.2. The summed E-state index contributed by atoms with van der Waals surface area (Å²) in [4.78, 5) is 0. The third-order valence-corrected chi connectivity index (χ3v) is 10.8. The van der Waals surface area contributed by atoms with Crippen LogP contribution in [0.1, 0.15) is 209 Å². The number of allylic oxidation sites excluding steroid dienone is 2. The van der Waals surface area contributed by atoms with Gasteiger partial charge in [0.2, 0.25) is 11.4 Å². The molecule has 0 aromatic heterocycles. The van der Waals surface area contributed by atoms with Crippen molar-refractivity contribution in [2.45, 2.75) is 203 Å². The topological polar surface area (TPSA) is 25.3 Å². The summed E-state index contributed by atoms with van der Waals surface area (Å²) in [6.45, 7) is 18.2. The number of hydrogen-bond acceptors (Lipinski definition) is 0. The van der Waals surface area contributed by atoms with Crippen molar-refractivity contribution in [3.8, 4) is 11.8 Å². The highest BCUT2D eigenvalue weighted by molar-refractivity contribution is 5.86. The molecule has 0 bridgehead atoms. The minimum absolute atomic E-state index is 0.799. The van der Waals surface area contributed by atoms with Crippen LogP contribution >= 0.6 is 0 Å². The third kappa shape index (κ3) is 11.8. The molecule has 0 amide bonds. The second-order valence-corrected chi connectivity index (χ2v) is 15.1. The van der Waals surface area contributed by atoms with Gasteiger partial charge in [0.05, 0.1) is 0 Å². The first-order valence-corrected chi connectivity index (χ1v) is 21.7. The van der Waals surface area contributed by atoms with Crippen LogP contribution in [-0.2, 0) is 38.5 Å². The molecular weight excluding hydrogens is 617 g/mol. The summed E-state index contributed by atoms with van der Waals surface area (Å²) < 4.78 is 1.60. The normalized spacial score (nSPS) is 13.1. The van der Waals surface area contributed by atoms with Gasteiger partial charge in [-0.1, -0.05) is 138 Å². The largest absolute Gasteiger partial charge is 0.493 e. The Labute approximate surface area is 315 Å². The molecule has 51 heavy (non-hydrogen) atoms. The van der Waals surface area contributed by atoms with Gasteiger partial charge < -0.3 is 5.53 Å². The number of hydrogen-bond donors (Lipinski definition) is 0. The minimum Gasteiger partial charge on any atom is -0.493 e. The Morgan fingerprint density at radius 3 is 1.31 bits per heavy atom. The summed E-state index contributed by atoms with van der Waals surface area (Å²) >= 11 is 0. The van der Waals surface area contributed by atoms with E-state index in [1.165, 1.54) is 116 Å². The van der Waals surface area contributed by atoms with E-state index in [1.807, 2.05) is 0 Å². The summed E-state index contributed by atoms with van der Waals surface area (Å²) in [5.41, 5.74) is 28.3. The average molecular weight is 691 g/mol. The predicted octanol–water partition coefficient (Wildman–Crippen LogP) is 14.9. The standard InChI is InChI=1S/C49H74N2/c1-9-17-22-29-40-36-43(37-41(30-23-18-10-2)45(40)32-24-19-11-3)49-47(33-25-20-12-4)46(31-21-13-5)48(51(49)50)42-34-38(26-14-6)44(28-16-8)39(35-42)27-15-7/h34-37H,9-20,22-30,32-33H2,1-8H3. The molecule has 1 heterocycles. The van der Waals surface area contributed by atoms with Crippen molar-refractivity contribution in [2.24, 2.45) is 0 Å². The summed E-state index contributed by atoms with van der Waals surface area (Å²) in [7, 11) is 0. The Morgan fingerprint density at radius 2 is 0.863 bits per heavy atom. The molecule has 0 fully saturated rings. The van der Waals surface area contributed by atoms with Gasteiger partial charge >= 0.3 is 0 Å². The van der Waals surface area contributed by atoms with E-state index in [0.29, 0.717) is 0 Å². The van der Waals surface area contributed by atoms with Gasteiger partial charge in [-0.05, 0) is 128 Å². The van der Waals surface area contributed by atoms with Crippen LogP contribution in [0.4, 0.5) is 0 Å². The van der Waals surface area contributed by atoms with Crippen LogP contribution in [-0.4, -0.2) is 4.70 Å². The van der Waals surface area contributed by atoms with Crippen LogP contribution in [0.3, 0.4) is 0 Å². The first kappa shape index (κ1) is 42.5. The van der Waals surface area contributed by atoms with E-state index >= 15 is 0 Å². The minimum atomic E-state index is 0.799. The SMILES string of the molecule is CCC#CC1=C(c2cc(CCC)c(CCC)c(CCC)c2)[N+](=[N-])C(c2cc(CCCCC)c(CCCCC)c(CCCCC)c2)=C1CCCCC. The van der Waals surface area contributed by atoms with E-state index in [4.69, 9.17) is 0 Å².